The summed E-state index contributed by atoms with van der Waals surface area (Å²) in [5, 5.41) is 21.6. The van der Waals surface area contributed by atoms with Crippen molar-refractivity contribution in [2.45, 2.75) is 38.8 Å². The highest BCUT2D eigenvalue weighted by Gasteiger charge is 2.33. The molecule has 1 amide bonds. The second-order valence-electron chi connectivity index (χ2n) is 5.47. The first-order chi connectivity index (χ1) is 10.5. The van der Waals surface area contributed by atoms with Gasteiger partial charge in [-0.2, -0.15) is 0 Å². The van der Waals surface area contributed by atoms with Crippen molar-refractivity contribution >= 4 is 22.4 Å². The van der Waals surface area contributed by atoms with E-state index in [2.05, 4.69) is 15.5 Å². The third kappa shape index (κ3) is 4.96. The normalized spacial score (nSPS) is 22.4. The fourth-order valence-corrected chi connectivity index (χ4v) is 3.02. The number of carbonyl (C=O) groups excluding carboxylic acids is 1. The zero-order valence-electron chi connectivity index (χ0n) is 13.0. The molecule has 1 aromatic heterocycles. The van der Waals surface area contributed by atoms with Gasteiger partial charge in [0.25, 0.3) is 0 Å². The lowest BCUT2D eigenvalue weighted by atomic mass is 10.2. The van der Waals surface area contributed by atoms with Crippen molar-refractivity contribution in [1.82, 2.24) is 15.1 Å². The maximum atomic E-state index is 12.0. The molecule has 0 spiro atoms. The van der Waals surface area contributed by atoms with E-state index in [1.165, 1.54) is 11.3 Å². The molecule has 0 aromatic carbocycles. The molecule has 22 heavy (non-hydrogen) atoms. The van der Waals surface area contributed by atoms with Crippen LogP contribution >= 0.6 is 11.3 Å². The van der Waals surface area contributed by atoms with Gasteiger partial charge in [-0.25, -0.2) is 0 Å². The number of methoxy groups -OCH3 is 1. The van der Waals surface area contributed by atoms with Crippen molar-refractivity contribution in [3.8, 4) is 0 Å². The van der Waals surface area contributed by atoms with E-state index in [4.69, 9.17) is 9.47 Å². The number of nitrogens with one attached hydrogen (secondary N) is 1. The minimum atomic E-state index is -0.565. The maximum absolute atomic E-state index is 12.0. The minimum absolute atomic E-state index is 0.0500. The van der Waals surface area contributed by atoms with Gasteiger partial charge < -0.3 is 14.6 Å². The number of carbonyl (C=O) groups is 1. The van der Waals surface area contributed by atoms with Gasteiger partial charge in [-0.15, -0.1) is 10.2 Å². The number of hydrogen-bond acceptors (Lipinski definition) is 8. The number of amides is 1. The van der Waals surface area contributed by atoms with E-state index in [0.29, 0.717) is 29.8 Å². The monoisotopic (exact) mass is 330 g/mol. The van der Waals surface area contributed by atoms with Gasteiger partial charge >= 0.3 is 0 Å². The summed E-state index contributed by atoms with van der Waals surface area (Å²) in [5.41, 5.74) is 0. The number of nitrogens with zero attached hydrogens (tertiary/aromatic N) is 3. The smallest absolute Gasteiger partial charge is 0.240 e. The van der Waals surface area contributed by atoms with Crippen LogP contribution in [0.25, 0.3) is 0 Å². The highest BCUT2D eigenvalue weighted by Crippen LogP contribution is 2.17. The van der Waals surface area contributed by atoms with Crippen LogP contribution in [0.2, 0.25) is 0 Å². The van der Waals surface area contributed by atoms with Crippen molar-refractivity contribution in [3.63, 3.8) is 0 Å². The topological polar surface area (TPSA) is 96.8 Å². The Hall–Kier alpha value is -1.13. The number of rotatable bonds is 7. The molecule has 0 unspecified atom stereocenters. The number of β-amino-alcohol motifs (C(OH)–C–C–N with tert-alkyl or cyclic N) is 1. The number of likely N-dealkylation sites (tertiary alicyclic amines) is 1. The van der Waals surface area contributed by atoms with Crippen LogP contribution in [0.3, 0.4) is 0 Å². The molecule has 2 atom stereocenters. The van der Waals surface area contributed by atoms with Gasteiger partial charge in [-0.1, -0.05) is 11.3 Å². The molecule has 124 valence electrons. The summed E-state index contributed by atoms with van der Waals surface area (Å²) in [6.07, 6.45) is -0.762. The molecule has 1 aromatic rings. The number of hydrogen-bond donors (Lipinski definition) is 2. The lowest BCUT2D eigenvalue weighted by Crippen LogP contribution is -2.33. The molecule has 0 radical (unpaired) electrons. The molecular weight excluding hydrogens is 308 g/mol. The molecular formula is C13H22N4O4S. The Kier molecular flexibility index (Phi) is 6.21. The van der Waals surface area contributed by atoms with Gasteiger partial charge in [0.15, 0.2) is 0 Å². The van der Waals surface area contributed by atoms with Crippen molar-refractivity contribution in [3.05, 3.63) is 5.01 Å². The van der Waals surface area contributed by atoms with Gasteiger partial charge in [0.05, 0.1) is 24.9 Å². The molecule has 1 saturated heterocycles. The second-order valence-corrected chi connectivity index (χ2v) is 6.53. The number of anilines is 1. The fourth-order valence-electron chi connectivity index (χ4n) is 2.29. The zero-order chi connectivity index (χ0) is 16.1. The Morgan fingerprint density at radius 1 is 1.50 bits per heavy atom. The molecule has 0 bridgehead atoms. The Balaban J connectivity index is 1.79. The highest BCUT2D eigenvalue weighted by molar-refractivity contribution is 7.15. The van der Waals surface area contributed by atoms with E-state index in [0.717, 1.165) is 0 Å². The first-order valence-corrected chi connectivity index (χ1v) is 7.96. The van der Waals surface area contributed by atoms with Crippen LogP contribution in [0.15, 0.2) is 0 Å². The predicted octanol–water partition coefficient (Wildman–Crippen LogP) is 0.0931. The number of aliphatic hydroxyl groups excluding tert-OH is 1. The van der Waals surface area contributed by atoms with Crippen molar-refractivity contribution < 1.29 is 19.4 Å². The van der Waals surface area contributed by atoms with E-state index < -0.39 is 6.10 Å². The van der Waals surface area contributed by atoms with Gasteiger partial charge in [0, 0.05) is 20.2 Å². The van der Waals surface area contributed by atoms with Gasteiger partial charge in [-0.3, -0.25) is 15.0 Å². The summed E-state index contributed by atoms with van der Waals surface area (Å²) in [6.45, 7) is 5.38. The van der Waals surface area contributed by atoms with Crippen LogP contribution in [0, 0.1) is 0 Å². The quantitative estimate of drug-likeness (QED) is 0.731. The summed E-state index contributed by atoms with van der Waals surface area (Å²) in [6, 6.07) is 0. The summed E-state index contributed by atoms with van der Waals surface area (Å²) in [7, 11) is 1.58. The zero-order valence-corrected chi connectivity index (χ0v) is 13.8. The van der Waals surface area contributed by atoms with Crippen LogP contribution in [-0.2, 0) is 20.9 Å². The number of aliphatic hydroxyl groups is 1. The minimum Gasteiger partial charge on any atom is -0.389 e. The second kappa shape index (κ2) is 7.93. The largest absolute Gasteiger partial charge is 0.389 e. The van der Waals surface area contributed by atoms with Gasteiger partial charge in [0.1, 0.15) is 11.6 Å². The molecule has 8 nitrogen and oxygen atoms in total. The molecule has 2 rings (SSSR count). The van der Waals surface area contributed by atoms with Crippen LogP contribution in [0.1, 0.15) is 18.9 Å². The number of ether oxygens (including phenoxy) is 2. The molecule has 2 heterocycles. The van der Waals surface area contributed by atoms with E-state index in [9.17, 15) is 9.90 Å². The third-order valence-electron chi connectivity index (χ3n) is 3.11. The summed E-state index contributed by atoms with van der Waals surface area (Å²) < 4.78 is 10.6. The summed E-state index contributed by atoms with van der Waals surface area (Å²) in [5.74, 6) is -0.183. The molecule has 9 heteroatoms. The maximum Gasteiger partial charge on any atom is 0.240 e. The van der Waals surface area contributed by atoms with E-state index in [1.54, 1.807) is 7.11 Å². The highest BCUT2D eigenvalue weighted by atomic mass is 32.1. The molecule has 0 aliphatic carbocycles. The SMILES string of the molecule is COCc1nnc(NC(=O)CN2C[C@H](OC(C)C)[C@@H](O)C2)s1. The average molecular weight is 330 g/mol. The first-order valence-electron chi connectivity index (χ1n) is 7.15. The fraction of sp³-hybridized carbons (Fsp3) is 0.769. The van der Waals surface area contributed by atoms with Gasteiger partial charge in [-0.05, 0) is 13.8 Å². The average Bonchev–Trinajstić information content (AvgIpc) is 2.97. The van der Waals surface area contributed by atoms with Crippen molar-refractivity contribution in [2.24, 2.45) is 0 Å². The van der Waals surface area contributed by atoms with E-state index >= 15 is 0 Å². The Labute approximate surface area is 133 Å². The molecule has 2 N–H and O–H groups in total. The molecule has 0 saturated carbocycles. The molecule has 1 aliphatic rings. The Morgan fingerprint density at radius 3 is 2.95 bits per heavy atom. The predicted molar refractivity (Wildman–Crippen MR) is 81.7 cm³/mol. The Morgan fingerprint density at radius 2 is 2.27 bits per heavy atom. The van der Waals surface area contributed by atoms with Crippen LogP contribution in [0.5, 0.6) is 0 Å². The lowest BCUT2D eigenvalue weighted by molar-refractivity contribution is -0.117. The van der Waals surface area contributed by atoms with Crippen LogP contribution < -0.4 is 5.32 Å². The van der Waals surface area contributed by atoms with Gasteiger partial charge in [0.2, 0.25) is 11.0 Å². The van der Waals surface area contributed by atoms with Crippen molar-refractivity contribution in [1.29, 1.82) is 0 Å². The van der Waals surface area contributed by atoms with Crippen molar-refractivity contribution in [2.75, 3.05) is 32.1 Å². The standard InChI is InChI=1S/C13H22N4O4S/c1-8(2)21-10-5-17(4-9(10)18)6-11(19)14-13-16-15-12(22-13)7-20-3/h8-10,18H,4-7H2,1-3H3,(H,14,16,19)/t9-,10-/m0/s1. The van der Waals surface area contributed by atoms with E-state index in [1.807, 2.05) is 18.7 Å². The molecule has 1 aliphatic heterocycles. The Bertz CT molecular complexity index is 496. The first kappa shape index (κ1) is 17.2. The third-order valence-corrected chi connectivity index (χ3v) is 3.92. The van der Waals surface area contributed by atoms with Crippen LogP contribution in [-0.4, -0.2) is 71.2 Å². The summed E-state index contributed by atoms with van der Waals surface area (Å²) in [4.78, 5) is 13.9. The van der Waals surface area contributed by atoms with E-state index in [-0.39, 0.29) is 24.7 Å². The lowest BCUT2D eigenvalue weighted by Gasteiger charge is -2.17. The van der Waals surface area contributed by atoms with Crippen LogP contribution in [0.4, 0.5) is 5.13 Å². The number of aromatic nitrogens is 2. The summed E-state index contributed by atoms with van der Waals surface area (Å²) >= 11 is 1.28. The molecule has 1 fully saturated rings.